The zero-order valence-electron chi connectivity index (χ0n) is 17.7. The number of rotatable bonds is 9. The van der Waals surface area contributed by atoms with Gasteiger partial charge >= 0.3 is 0 Å². The number of hydrogen-bond donors (Lipinski definition) is 2. The standard InChI is InChI=1S/C21H40N4O2.HI/c1-2-22-21(23-11-5-13-27-17-18-9-14-26-15-10-18)24-19-8-12-25(16-19)20-6-3-4-7-20;/h18-20H,2-17H2,1H3,(H2,22,23,24);1H. The number of nitrogens with one attached hydrogen (secondary N) is 2. The van der Waals surface area contributed by atoms with Crippen LogP contribution in [0.1, 0.15) is 58.3 Å². The molecule has 3 fully saturated rings. The molecule has 28 heavy (non-hydrogen) atoms. The van der Waals surface area contributed by atoms with Crippen LogP contribution in [0.25, 0.3) is 0 Å². The van der Waals surface area contributed by atoms with Gasteiger partial charge in [0.15, 0.2) is 5.96 Å². The van der Waals surface area contributed by atoms with Gasteiger partial charge < -0.3 is 20.1 Å². The molecule has 3 aliphatic rings. The van der Waals surface area contributed by atoms with E-state index in [4.69, 9.17) is 14.5 Å². The molecule has 1 aliphatic carbocycles. The summed E-state index contributed by atoms with van der Waals surface area (Å²) in [5.41, 5.74) is 0. The number of ether oxygens (including phenoxy) is 2. The van der Waals surface area contributed by atoms with Crippen LogP contribution >= 0.6 is 24.0 Å². The number of guanidine groups is 1. The molecule has 0 spiro atoms. The van der Waals surface area contributed by atoms with Crippen molar-refractivity contribution in [2.75, 3.05) is 52.6 Å². The van der Waals surface area contributed by atoms with Crippen molar-refractivity contribution in [2.45, 2.75) is 70.4 Å². The maximum absolute atomic E-state index is 5.85. The van der Waals surface area contributed by atoms with Gasteiger partial charge in [-0.3, -0.25) is 9.89 Å². The summed E-state index contributed by atoms with van der Waals surface area (Å²) in [5, 5.41) is 7.06. The van der Waals surface area contributed by atoms with Crippen molar-refractivity contribution in [3.05, 3.63) is 0 Å². The minimum atomic E-state index is 0. The van der Waals surface area contributed by atoms with Crippen LogP contribution in [0.3, 0.4) is 0 Å². The summed E-state index contributed by atoms with van der Waals surface area (Å²) < 4.78 is 11.2. The molecule has 2 aliphatic heterocycles. The van der Waals surface area contributed by atoms with Gasteiger partial charge in [0, 0.05) is 64.7 Å². The van der Waals surface area contributed by atoms with Gasteiger partial charge in [0.25, 0.3) is 0 Å². The first-order valence-corrected chi connectivity index (χ1v) is 11.3. The highest BCUT2D eigenvalue weighted by molar-refractivity contribution is 14.0. The number of aliphatic imine (C=N–C) groups is 1. The van der Waals surface area contributed by atoms with Gasteiger partial charge in [-0.1, -0.05) is 12.8 Å². The topological polar surface area (TPSA) is 58.1 Å². The summed E-state index contributed by atoms with van der Waals surface area (Å²) >= 11 is 0. The molecular formula is C21H41IN4O2. The molecule has 6 nitrogen and oxygen atoms in total. The van der Waals surface area contributed by atoms with E-state index in [9.17, 15) is 0 Å². The SMILES string of the molecule is CCNC(=NCCCOCC1CCOCC1)NC1CCN(C2CCCC2)C1.I. The Morgan fingerprint density at radius 2 is 1.93 bits per heavy atom. The van der Waals surface area contributed by atoms with Crippen LogP contribution in [0, 0.1) is 5.92 Å². The van der Waals surface area contributed by atoms with Crippen LogP contribution in [0.15, 0.2) is 4.99 Å². The maximum Gasteiger partial charge on any atom is 0.191 e. The van der Waals surface area contributed by atoms with Gasteiger partial charge in [-0.25, -0.2) is 0 Å². The summed E-state index contributed by atoms with van der Waals surface area (Å²) in [6.45, 7) is 9.75. The normalized spacial score (nSPS) is 25.0. The molecule has 0 amide bonds. The van der Waals surface area contributed by atoms with E-state index in [2.05, 4.69) is 22.5 Å². The fraction of sp³-hybridized carbons (Fsp3) is 0.952. The minimum absolute atomic E-state index is 0. The molecule has 3 rings (SSSR count). The predicted molar refractivity (Wildman–Crippen MR) is 126 cm³/mol. The molecule has 164 valence electrons. The summed E-state index contributed by atoms with van der Waals surface area (Å²) in [6, 6.07) is 1.37. The molecule has 1 atom stereocenters. The third-order valence-electron chi connectivity index (χ3n) is 6.16. The second-order valence-corrected chi connectivity index (χ2v) is 8.31. The van der Waals surface area contributed by atoms with Crippen LogP contribution in [-0.2, 0) is 9.47 Å². The highest BCUT2D eigenvalue weighted by Gasteiger charge is 2.30. The second-order valence-electron chi connectivity index (χ2n) is 8.31. The third-order valence-corrected chi connectivity index (χ3v) is 6.16. The Balaban J connectivity index is 0.00000280. The molecule has 2 saturated heterocycles. The Hall–Kier alpha value is -0.120. The lowest BCUT2D eigenvalue weighted by atomic mass is 10.0. The molecule has 0 bridgehead atoms. The van der Waals surface area contributed by atoms with Crippen molar-refractivity contribution in [3.8, 4) is 0 Å². The Labute approximate surface area is 188 Å². The van der Waals surface area contributed by atoms with Crippen LogP contribution < -0.4 is 10.6 Å². The largest absolute Gasteiger partial charge is 0.381 e. The molecule has 7 heteroatoms. The molecule has 0 radical (unpaired) electrons. The summed E-state index contributed by atoms with van der Waals surface area (Å²) in [5.74, 6) is 1.66. The zero-order chi connectivity index (χ0) is 18.7. The second kappa shape index (κ2) is 14.0. The van der Waals surface area contributed by atoms with Crippen molar-refractivity contribution in [1.29, 1.82) is 0 Å². The van der Waals surface area contributed by atoms with Crippen molar-refractivity contribution in [3.63, 3.8) is 0 Å². The smallest absolute Gasteiger partial charge is 0.191 e. The number of hydrogen-bond acceptors (Lipinski definition) is 4. The molecule has 2 N–H and O–H groups in total. The van der Waals surface area contributed by atoms with Gasteiger partial charge in [-0.2, -0.15) is 0 Å². The molecule has 0 aromatic heterocycles. The molecule has 0 aromatic carbocycles. The molecule has 2 heterocycles. The van der Waals surface area contributed by atoms with Crippen molar-refractivity contribution in [2.24, 2.45) is 10.9 Å². The first kappa shape index (κ1) is 24.2. The lowest BCUT2D eigenvalue weighted by Gasteiger charge is -2.24. The Morgan fingerprint density at radius 1 is 1.14 bits per heavy atom. The molecule has 0 aromatic rings. The van der Waals surface area contributed by atoms with Crippen molar-refractivity contribution in [1.82, 2.24) is 15.5 Å². The number of nitrogens with zero attached hydrogens (tertiary/aromatic N) is 2. The van der Waals surface area contributed by atoms with E-state index in [0.29, 0.717) is 12.0 Å². The lowest BCUT2D eigenvalue weighted by molar-refractivity contribution is 0.0205. The molecular weight excluding hydrogens is 467 g/mol. The monoisotopic (exact) mass is 508 g/mol. The summed E-state index contributed by atoms with van der Waals surface area (Å²) in [7, 11) is 0. The van der Waals surface area contributed by atoms with Crippen molar-refractivity contribution < 1.29 is 9.47 Å². The lowest BCUT2D eigenvalue weighted by Crippen LogP contribution is -2.45. The third kappa shape index (κ3) is 8.32. The van der Waals surface area contributed by atoms with E-state index in [0.717, 1.165) is 70.8 Å². The van der Waals surface area contributed by atoms with Gasteiger partial charge in [0.2, 0.25) is 0 Å². The Morgan fingerprint density at radius 3 is 2.68 bits per heavy atom. The Bertz CT molecular complexity index is 440. The van der Waals surface area contributed by atoms with Gasteiger partial charge in [0.05, 0.1) is 0 Å². The minimum Gasteiger partial charge on any atom is -0.381 e. The first-order valence-electron chi connectivity index (χ1n) is 11.3. The van der Waals surface area contributed by atoms with Crippen LogP contribution in [0.4, 0.5) is 0 Å². The number of likely N-dealkylation sites (tertiary alicyclic amines) is 1. The first-order chi connectivity index (χ1) is 13.3. The fourth-order valence-corrected chi connectivity index (χ4v) is 4.54. The quantitative estimate of drug-likeness (QED) is 0.217. The van der Waals surface area contributed by atoms with E-state index < -0.39 is 0 Å². The maximum atomic E-state index is 5.85. The van der Waals surface area contributed by atoms with Crippen LogP contribution in [-0.4, -0.2) is 75.5 Å². The van der Waals surface area contributed by atoms with Crippen molar-refractivity contribution >= 4 is 29.9 Å². The molecule has 1 unspecified atom stereocenters. The van der Waals surface area contributed by atoms with E-state index in [1.165, 1.54) is 45.2 Å². The van der Waals surface area contributed by atoms with Gasteiger partial charge in [-0.05, 0) is 51.4 Å². The van der Waals surface area contributed by atoms with Crippen LogP contribution in [0.5, 0.6) is 0 Å². The van der Waals surface area contributed by atoms with Gasteiger partial charge in [0.1, 0.15) is 0 Å². The fourth-order valence-electron chi connectivity index (χ4n) is 4.54. The summed E-state index contributed by atoms with van der Waals surface area (Å²) in [6.07, 6.45) is 10.1. The van der Waals surface area contributed by atoms with E-state index in [-0.39, 0.29) is 24.0 Å². The average molecular weight is 508 g/mol. The average Bonchev–Trinajstić information content (AvgIpc) is 3.37. The highest BCUT2D eigenvalue weighted by Crippen LogP contribution is 2.26. The summed E-state index contributed by atoms with van der Waals surface area (Å²) in [4.78, 5) is 7.45. The van der Waals surface area contributed by atoms with Gasteiger partial charge in [-0.15, -0.1) is 24.0 Å². The highest BCUT2D eigenvalue weighted by atomic mass is 127. The van der Waals surface area contributed by atoms with E-state index in [1.807, 2.05) is 0 Å². The van der Waals surface area contributed by atoms with E-state index >= 15 is 0 Å². The Kier molecular flexibility index (Phi) is 12.1. The van der Waals surface area contributed by atoms with Crippen LogP contribution in [0.2, 0.25) is 0 Å². The number of halogens is 1. The molecule has 1 saturated carbocycles. The predicted octanol–water partition coefficient (Wildman–Crippen LogP) is 3.01. The van der Waals surface area contributed by atoms with E-state index in [1.54, 1.807) is 0 Å². The zero-order valence-corrected chi connectivity index (χ0v) is 20.0.